The van der Waals surface area contributed by atoms with E-state index in [-0.39, 0.29) is 0 Å². The van der Waals surface area contributed by atoms with Crippen LogP contribution in [0.2, 0.25) is 0 Å². The monoisotopic (exact) mass is 348 g/mol. The predicted molar refractivity (Wildman–Crippen MR) is 116 cm³/mol. The van der Waals surface area contributed by atoms with Crippen LogP contribution in [0.15, 0.2) is 58.5 Å². The van der Waals surface area contributed by atoms with E-state index in [2.05, 4.69) is 76.2 Å². The van der Waals surface area contributed by atoms with E-state index in [1.807, 2.05) is 0 Å². The summed E-state index contributed by atoms with van der Waals surface area (Å²) in [5.74, 6) is 0. The van der Waals surface area contributed by atoms with Gasteiger partial charge in [0.1, 0.15) is 0 Å². The van der Waals surface area contributed by atoms with E-state index in [9.17, 15) is 0 Å². The quantitative estimate of drug-likeness (QED) is 0.426. The molecule has 0 aromatic heterocycles. The van der Waals surface area contributed by atoms with Crippen LogP contribution in [0, 0.1) is 0 Å². The molecule has 0 spiro atoms. The van der Waals surface area contributed by atoms with Gasteiger partial charge < -0.3 is 0 Å². The Balaban J connectivity index is 1.94. The van der Waals surface area contributed by atoms with Crippen molar-refractivity contribution in [2.24, 2.45) is 9.98 Å². The molecular weight excluding hydrogens is 316 g/mol. The van der Waals surface area contributed by atoms with E-state index in [1.54, 1.807) is 0 Å². The first-order valence-corrected chi connectivity index (χ1v) is 9.99. The van der Waals surface area contributed by atoms with Crippen LogP contribution < -0.4 is 0 Å². The molecule has 2 nitrogen and oxygen atoms in total. The van der Waals surface area contributed by atoms with Crippen LogP contribution in [0.25, 0.3) is 0 Å². The Morgan fingerprint density at radius 2 is 0.846 bits per heavy atom. The molecular formula is C24H32N2. The maximum Gasteiger partial charge on any atom is 0.0629 e. The van der Waals surface area contributed by atoms with Crippen LogP contribution in [0.3, 0.4) is 0 Å². The van der Waals surface area contributed by atoms with Gasteiger partial charge in [-0.3, -0.25) is 9.98 Å². The van der Waals surface area contributed by atoms with Gasteiger partial charge in [0.25, 0.3) is 0 Å². The van der Waals surface area contributed by atoms with Crippen LogP contribution in [-0.4, -0.2) is 11.4 Å². The van der Waals surface area contributed by atoms with Crippen molar-refractivity contribution in [1.82, 2.24) is 0 Å². The highest BCUT2D eigenvalue weighted by molar-refractivity contribution is 5.86. The van der Waals surface area contributed by atoms with Crippen molar-refractivity contribution in [3.63, 3.8) is 0 Å². The molecule has 2 heteroatoms. The maximum atomic E-state index is 4.71. The van der Waals surface area contributed by atoms with Crippen molar-refractivity contribution in [2.75, 3.05) is 0 Å². The van der Waals surface area contributed by atoms with E-state index in [0.717, 1.165) is 49.9 Å². The molecule has 0 bridgehead atoms. The number of hydrogen-bond acceptors (Lipinski definition) is 2. The summed E-state index contributed by atoms with van der Waals surface area (Å²) in [4.78, 5) is 9.41. The van der Waals surface area contributed by atoms with Gasteiger partial charge in [0.15, 0.2) is 0 Å². The molecule has 2 aromatic carbocycles. The minimum atomic E-state index is 1.02. The second kappa shape index (κ2) is 10.7. The lowest BCUT2D eigenvalue weighted by Crippen LogP contribution is -1.93. The third kappa shape index (κ3) is 6.25. The summed E-state index contributed by atoms with van der Waals surface area (Å²) in [6.45, 7) is 8.66. The Labute approximate surface area is 159 Å². The zero-order chi connectivity index (χ0) is 18.8. The fourth-order valence-electron chi connectivity index (χ4n) is 2.94. The molecule has 26 heavy (non-hydrogen) atoms. The lowest BCUT2D eigenvalue weighted by molar-refractivity contribution is 0.960. The summed E-state index contributed by atoms with van der Waals surface area (Å²) in [5.41, 5.74) is 7.37. The van der Waals surface area contributed by atoms with Gasteiger partial charge in [0.05, 0.1) is 11.4 Å². The van der Waals surface area contributed by atoms with Crippen LogP contribution in [0.1, 0.15) is 64.5 Å². The second-order valence-electron chi connectivity index (χ2n) is 6.60. The van der Waals surface area contributed by atoms with Crippen LogP contribution >= 0.6 is 0 Å². The molecule has 0 aliphatic carbocycles. The van der Waals surface area contributed by atoms with E-state index < -0.39 is 0 Å². The molecule has 0 fully saturated rings. The average molecular weight is 349 g/mol. The Hall–Kier alpha value is -2.22. The van der Waals surface area contributed by atoms with E-state index in [4.69, 9.17) is 9.98 Å². The van der Waals surface area contributed by atoms with Crippen molar-refractivity contribution >= 4 is 22.8 Å². The van der Waals surface area contributed by atoms with E-state index in [0.29, 0.717) is 0 Å². The SMILES string of the molecule is CCC(CC)=Nc1ccc(CCc2ccc(N=C(CC)CC)cc2)cc1. The van der Waals surface area contributed by atoms with Gasteiger partial charge in [-0.2, -0.15) is 0 Å². The van der Waals surface area contributed by atoms with Gasteiger partial charge in [-0.25, -0.2) is 0 Å². The molecule has 0 saturated heterocycles. The van der Waals surface area contributed by atoms with Crippen LogP contribution in [0.5, 0.6) is 0 Å². The molecule has 0 atom stereocenters. The van der Waals surface area contributed by atoms with Crippen molar-refractivity contribution in [1.29, 1.82) is 0 Å². The van der Waals surface area contributed by atoms with E-state index in [1.165, 1.54) is 22.6 Å². The molecule has 0 amide bonds. The zero-order valence-corrected chi connectivity index (χ0v) is 16.8. The molecule has 0 heterocycles. The summed E-state index contributed by atoms with van der Waals surface area (Å²) in [6, 6.07) is 17.4. The molecule has 0 unspecified atom stereocenters. The third-order valence-corrected chi connectivity index (χ3v) is 4.78. The molecule has 0 aliphatic heterocycles. The van der Waals surface area contributed by atoms with Crippen molar-refractivity contribution in [3.05, 3.63) is 59.7 Å². The summed E-state index contributed by atoms with van der Waals surface area (Å²) in [6.07, 6.45) is 6.20. The fraction of sp³-hybridized carbons (Fsp3) is 0.417. The smallest absolute Gasteiger partial charge is 0.0629 e. The molecule has 2 rings (SSSR count). The summed E-state index contributed by atoms with van der Waals surface area (Å²) < 4.78 is 0. The molecule has 0 aliphatic rings. The van der Waals surface area contributed by atoms with Crippen molar-refractivity contribution < 1.29 is 0 Å². The van der Waals surface area contributed by atoms with Gasteiger partial charge in [-0.1, -0.05) is 52.0 Å². The first-order chi connectivity index (χ1) is 12.7. The summed E-state index contributed by atoms with van der Waals surface area (Å²) >= 11 is 0. The molecule has 0 radical (unpaired) electrons. The highest BCUT2D eigenvalue weighted by Gasteiger charge is 1.99. The van der Waals surface area contributed by atoms with E-state index >= 15 is 0 Å². The molecule has 138 valence electrons. The number of rotatable bonds is 9. The predicted octanol–water partition coefficient (Wildman–Crippen LogP) is 7.26. The van der Waals surface area contributed by atoms with Gasteiger partial charge >= 0.3 is 0 Å². The highest BCUT2D eigenvalue weighted by Crippen LogP contribution is 2.18. The Morgan fingerprint density at radius 3 is 1.12 bits per heavy atom. The topological polar surface area (TPSA) is 24.7 Å². The first kappa shape index (κ1) is 20.1. The average Bonchev–Trinajstić information content (AvgIpc) is 2.70. The lowest BCUT2D eigenvalue weighted by atomic mass is 10.0. The largest absolute Gasteiger partial charge is 0.258 e. The normalized spacial score (nSPS) is 10.5. The van der Waals surface area contributed by atoms with Gasteiger partial charge in [-0.05, 0) is 73.9 Å². The Morgan fingerprint density at radius 1 is 0.538 bits per heavy atom. The minimum Gasteiger partial charge on any atom is -0.258 e. The highest BCUT2D eigenvalue weighted by atomic mass is 14.7. The standard InChI is InChI=1S/C24H32N2/c1-5-21(6-2)25-23-15-11-19(12-16-23)9-10-20-13-17-24(18-14-20)26-22(7-3)8-4/h11-18H,5-10H2,1-4H3. The summed E-state index contributed by atoms with van der Waals surface area (Å²) in [7, 11) is 0. The zero-order valence-electron chi connectivity index (χ0n) is 16.8. The van der Waals surface area contributed by atoms with Gasteiger partial charge in [0, 0.05) is 11.4 Å². The Kier molecular flexibility index (Phi) is 8.27. The number of hydrogen-bond donors (Lipinski definition) is 0. The lowest BCUT2D eigenvalue weighted by Gasteiger charge is -2.05. The third-order valence-electron chi connectivity index (χ3n) is 4.78. The molecule has 0 N–H and O–H groups in total. The first-order valence-electron chi connectivity index (χ1n) is 9.99. The van der Waals surface area contributed by atoms with Crippen molar-refractivity contribution in [2.45, 2.75) is 66.2 Å². The summed E-state index contributed by atoms with van der Waals surface area (Å²) in [5, 5.41) is 0. The number of aliphatic imine (C=N–C) groups is 2. The minimum absolute atomic E-state index is 1.02. The molecule has 0 saturated carbocycles. The second-order valence-corrected chi connectivity index (χ2v) is 6.60. The van der Waals surface area contributed by atoms with Gasteiger partial charge in [0.2, 0.25) is 0 Å². The number of aryl methyl sites for hydroxylation is 2. The number of nitrogens with zero attached hydrogens (tertiary/aromatic N) is 2. The van der Waals surface area contributed by atoms with Crippen molar-refractivity contribution in [3.8, 4) is 0 Å². The fourth-order valence-corrected chi connectivity index (χ4v) is 2.94. The Bertz CT molecular complexity index is 644. The van der Waals surface area contributed by atoms with Crippen LogP contribution in [-0.2, 0) is 12.8 Å². The van der Waals surface area contributed by atoms with Crippen LogP contribution in [0.4, 0.5) is 11.4 Å². The van der Waals surface area contributed by atoms with Gasteiger partial charge in [-0.15, -0.1) is 0 Å². The maximum absolute atomic E-state index is 4.71. The molecule has 2 aromatic rings. The number of benzene rings is 2.